The van der Waals surface area contributed by atoms with Crippen LogP contribution in [0.1, 0.15) is 0 Å². The number of carbonyl (C=O) groups excluding carboxylic acids is 1. The van der Waals surface area contributed by atoms with E-state index in [0.717, 1.165) is 0 Å². The van der Waals surface area contributed by atoms with Gasteiger partial charge in [-0.15, -0.1) is 11.6 Å². The number of hydrogen-bond donors (Lipinski definition) is 1. The van der Waals surface area contributed by atoms with Gasteiger partial charge in [-0.1, -0.05) is 29.5 Å². The van der Waals surface area contributed by atoms with Crippen molar-refractivity contribution in [2.75, 3.05) is 17.8 Å². The predicted octanol–water partition coefficient (Wildman–Crippen LogP) is 1.39. The third kappa shape index (κ3) is 8.87. The zero-order valence-corrected chi connectivity index (χ0v) is 10.3. The summed E-state index contributed by atoms with van der Waals surface area (Å²) >= 11 is 11.1. The number of amides is 1. The van der Waals surface area contributed by atoms with Crippen LogP contribution in [0.5, 0.6) is 0 Å². The Morgan fingerprint density at radius 3 is 2.72 bits per heavy atom. The molecular weight excluding hydrogens is 305 g/mol. The maximum atomic E-state index is 11.2. The molecule has 1 amide bonds. The first-order valence-corrected chi connectivity index (χ1v) is 5.34. The Balaban J connectivity index is 0. The standard InChI is InChI=1S/C11H9Cl2NO2.Ca.H2O.2H/c12-6-1-2-7-16-11(15)14-10-5-3-4-9(13)8-10;;;;/h3-5,8H,6-7H2,(H,14,15);;1H2;;. The average Bonchev–Trinajstić information content (AvgIpc) is 2.24. The van der Waals surface area contributed by atoms with Gasteiger partial charge in [-0.3, -0.25) is 5.32 Å². The Hall–Kier alpha value is -0.150. The maximum absolute atomic E-state index is 11.2. The molecule has 3 N–H and O–H groups in total. The van der Waals surface area contributed by atoms with Crippen LogP contribution in [0.15, 0.2) is 24.3 Å². The number of ether oxygens (including phenoxy) is 1. The number of rotatable bonds is 2. The summed E-state index contributed by atoms with van der Waals surface area (Å²) in [5.74, 6) is 5.36. The Labute approximate surface area is 145 Å². The second kappa shape index (κ2) is 11.9. The molecule has 1 rings (SSSR count). The van der Waals surface area contributed by atoms with Crippen LogP contribution in [0.25, 0.3) is 0 Å². The number of nitrogens with one attached hydrogen (secondary N) is 1. The van der Waals surface area contributed by atoms with Crippen molar-refractivity contribution in [3.8, 4) is 11.8 Å². The molecule has 0 radical (unpaired) electrons. The van der Waals surface area contributed by atoms with Gasteiger partial charge >= 0.3 is 43.8 Å². The van der Waals surface area contributed by atoms with E-state index < -0.39 is 6.09 Å². The minimum atomic E-state index is -0.578. The van der Waals surface area contributed by atoms with Gasteiger partial charge in [0.25, 0.3) is 0 Å². The summed E-state index contributed by atoms with van der Waals surface area (Å²) in [6.45, 7) is 0.0130. The van der Waals surface area contributed by atoms with E-state index in [1.807, 2.05) is 0 Å². The fourth-order valence-electron chi connectivity index (χ4n) is 0.920. The SMILES string of the molecule is O.O=C(Nc1cccc(Cl)c1)OCC#CCCl.[CaH2]. The molecule has 96 valence electrons. The summed E-state index contributed by atoms with van der Waals surface area (Å²) in [6.07, 6.45) is -0.578. The molecule has 0 unspecified atom stereocenters. The van der Waals surface area contributed by atoms with Crippen molar-refractivity contribution in [3.05, 3.63) is 29.3 Å². The van der Waals surface area contributed by atoms with Crippen LogP contribution in [-0.4, -0.2) is 61.8 Å². The number of anilines is 1. The molecule has 0 heterocycles. The predicted molar refractivity (Wildman–Crippen MR) is 77.1 cm³/mol. The van der Waals surface area contributed by atoms with Crippen molar-refractivity contribution in [2.24, 2.45) is 0 Å². The first-order chi connectivity index (χ1) is 7.72. The molecule has 7 heteroatoms. The number of benzene rings is 1. The van der Waals surface area contributed by atoms with E-state index in [0.29, 0.717) is 10.7 Å². The third-order valence-corrected chi connectivity index (χ3v) is 1.91. The molecule has 0 aliphatic heterocycles. The van der Waals surface area contributed by atoms with Crippen LogP contribution < -0.4 is 5.32 Å². The van der Waals surface area contributed by atoms with Gasteiger partial charge in [0, 0.05) is 10.7 Å². The van der Waals surface area contributed by atoms with Gasteiger partial charge < -0.3 is 10.2 Å². The fourth-order valence-corrected chi connectivity index (χ4v) is 1.20. The van der Waals surface area contributed by atoms with Gasteiger partial charge in [0.1, 0.15) is 0 Å². The fraction of sp³-hybridized carbons (Fsp3) is 0.182. The van der Waals surface area contributed by atoms with E-state index in [9.17, 15) is 4.79 Å². The zero-order valence-electron chi connectivity index (χ0n) is 8.80. The Morgan fingerprint density at radius 2 is 2.11 bits per heavy atom. The van der Waals surface area contributed by atoms with E-state index in [2.05, 4.69) is 17.2 Å². The molecule has 0 bridgehead atoms. The van der Waals surface area contributed by atoms with E-state index in [1.54, 1.807) is 24.3 Å². The van der Waals surface area contributed by atoms with E-state index in [-0.39, 0.29) is 55.7 Å². The Morgan fingerprint density at radius 1 is 1.39 bits per heavy atom. The molecule has 0 aliphatic carbocycles. The molecule has 1 aromatic carbocycles. The van der Waals surface area contributed by atoms with Gasteiger partial charge in [0.15, 0.2) is 6.61 Å². The molecule has 0 atom stereocenters. The number of hydrogen-bond acceptors (Lipinski definition) is 2. The van der Waals surface area contributed by atoms with Crippen molar-refractivity contribution in [1.82, 2.24) is 0 Å². The van der Waals surface area contributed by atoms with Crippen LogP contribution >= 0.6 is 23.2 Å². The van der Waals surface area contributed by atoms with Crippen LogP contribution in [0.2, 0.25) is 5.02 Å². The summed E-state index contributed by atoms with van der Waals surface area (Å²) in [7, 11) is 0. The van der Waals surface area contributed by atoms with Gasteiger partial charge in [-0.05, 0) is 18.2 Å². The minimum absolute atomic E-state index is 0. The topological polar surface area (TPSA) is 69.8 Å². The van der Waals surface area contributed by atoms with Crippen molar-refractivity contribution in [3.63, 3.8) is 0 Å². The van der Waals surface area contributed by atoms with Crippen LogP contribution in [0.3, 0.4) is 0 Å². The normalized spacial score (nSPS) is 7.89. The number of carbonyl (C=O) groups is 1. The molecule has 0 fully saturated rings. The van der Waals surface area contributed by atoms with Crippen LogP contribution in [0, 0.1) is 11.8 Å². The summed E-state index contributed by atoms with van der Waals surface area (Å²) in [5, 5.41) is 3.05. The monoisotopic (exact) mass is 317 g/mol. The molecule has 4 nitrogen and oxygen atoms in total. The quantitative estimate of drug-likeness (QED) is 0.508. The molecule has 0 spiro atoms. The molecule has 0 saturated heterocycles. The van der Waals surface area contributed by atoms with Crippen molar-refractivity contribution >= 4 is 72.7 Å². The number of alkyl halides is 1. The molecule has 0 aliphatic rings. The summed E-state index contributed by atoms with van der Waals surface area (Å²) in [6, 6.07) is 6.76. The molecular formula is C11H13CaCl2NO3. The second-order valence-corrected chi connectivity index (χ2v) is 3.40. The van der Waals surface area contributed by atoms with Gasteiger partial charge in [-0.25, -0.2) is 4.79 Å². The van der Waals surface area contributed by atoms with E-state index in [1.165, 1.54) is 0 Å². The Kier molecular flexibility index (Phi) is 13.4. The summed E-state index contributed by atoms with van der Waals surface area (Å²) < 4.78 is 4.76. The first-order valence-electron chi connectivity index (χ1n) is 4.43. The third-order valence-electron chi connectivity index (χ3n) is 1.54. The van der Waals surface area contributed by atoms with Crippen molar-refractivity contribution in [2.45, 2.75) is 0 Å². The molecule has 1 aromatic rings. The molecule has 0 saturated carbocycles. The van der Waals surface area contributed by atoms with Gasteiger partial charge in [-0.2, -0.15) is 0 Å². The second-order valence-electron chi connectivity index (χ2n) is 2.70. The summed E-state index contributed by atoms with van der Waals surface area (Å²) in [4.78, 5) is 11.2. The van der Waals surface area contributed by atoms with Gasteiger partial charge in [0.05, 0.1) is 5.88 Å². The van der Waals surface area contributed by atoms with Gasteiger partial charge in [0.2, 0.25) is 0 Å². The average molecular weight is 318 g/mol. The zero-order chi connectivity index (χ0) is 11.8. The van der Waals surface area contributed by atoms with Crippen LogP contribution in [-0.2, 0) is 4.74 Å². The first kappa shape index (κ1) is 20.2. The molecule has 18 heavy (non-hydrogen) atoms. The summed E-state index contributed by atoms with van der Waals surface area (Å²) in [5.41, 5.74) is 0.572. The van der Waals surface area contributed by atoms with Crippen molar-refractivity contribution < 1.29 is 15.0 Å². The van der Waals surface area contributed by atoms with Crippen LogP contribution in [0.4, 0.5) is 10.5 Å². The van der Waals surface area contributed by atoms with Crippen molar-refractivity contribution in [1.29, 1.82) is 0 Å². The van der Waals surface area contributed by atoms with E-state index in [4.69, 9.17) is 27.9 Å². The molecule has 0 aromatic heterocycles. The number of halogens is 2. The van der Waals surface area contributed by atoms with E-state index >= 15 is 0 Å². The Bertz CT molecular complexity index is 432.